The van der Waals surface area contributed by atoms with E-state index >= 15 is 0 Å². The zero-order valence-corrected chi connectivity index (χ0v) is 15.9. The van der Waals surface area contributed by atoms with Gasteiger partial charge in [0, 0.05) is 50.3 Å². The van der Waals surface area contributed by atoms with Crippen LogP contribution in [0.2, 0.25) is 0 Å². The minimum absolute atomic E-state index is 0.0523. The maximum absolute atomic E-state index is 13.0. The molecular formula is C20H21N3O3S. The number of aryl methyl sites for hydroxylation is 1. The van der Waals surface area contributed by atoms with Crippen LogP contribution in [0.3, 0.4) is 0 Å². The summed E-state index contributed by atoms with van der Waals surface area (Å²) in [5.74, 6) is -0.0523. The van der Waals surface area contributed by atoms with Gasteiger partial charge in [-0.15, -0.1) is 0 Å². The van der Waals surface area contributed by atoms with E-state index in [2.05, 4.69) is 0 Å². The Morgan fingerprint density at radius 1 is 0.889 bits per heavy atom. The van der Waals surface area contributed by atoms with E-state index in [9.17, 15) is 13.2 Å². The first-order chi connectivity index (χ1) is 13.0. The van der Waals surface area contributed by atoms with Crippen molar-refractivity contribution in [3.8, 4) is 0 Å². The zero-order valence-electron chi connectivity index (χ0n) is 15.1. The summed E-state index contributed by atoms with van der Waals surface area (Å²) in [5, 5.41) is 0.921. The summed E-state index contributed by atoms with van der Waals surface area (Å²) in [7, 11) is -1.59. The first-order valence-corrected chi connectivity index (χ1v) is 10.3. The van der Waals surface area contributed by atoms with Crippen LogP contribution in [0, 0.1) is 0 Å². The molecule has 0 atom stereocenters. The number of aromatic nitrogens is 1. The van der Waals surface area contributed by atoms with Gasteiger partial charge in [0.05, 0.1) is 10.5 Å². The predicted molar refractivity (Wildman–Crippen MR) is 104 cm³/mol. The summed E-state index contributed by atoms with van der Waals surface area (Å²) in [5.41, 5.74) is 1.67. The third-order valence-electron chi connectivity index (χ3n) is 5.03. The average Bonchev–Trinajstić information content (AvgIpc) is 3.05. The molecule has 0 radical (unpaired) electrons. The molecule has 4 rings (SSSR count). The molecule has 140 valence electrons. The van der Waals surface area contributed by atoms with Crippen molar-refractivity contribution in [3.63, 3.8) is 0 Å². The van der Waals surface area contributed by atoms with Gasteiger partial charge in [-0.2, -0.15) is 4.31 Å². The second-order valence-electron chi connectivity index (χ2n) is 6.68. The van der Waals surface area contributed by atoms with Crippen molar-refractivity contribution in [1.29, 1.82) is 0 Å². The minimum Gasteiger partial charge on any atom is -0.350 e. The highest BCUT2D eigenvalue weighted by atomic mass is 32.2. The molecule has 2 aromatic carbocycles. The van der Waals surface area contributed by atoms with Gasteiger partial charge in [-0.05, 0) is 18.2 Å². The number of carbonyl (C=O) groups excluding carboxylic acids is 1. The molecule has 0 N–H and O–H groups in total. The first kappa shape index (κ1) is 17.8. The average molecular weight is 383 g/mol. The first-order valence-electron chi connectivity index (χ1n) is 8.87. The second kappa shape index (κ2) is 6.83. The van der Waals surface area contributed by atoms with Gasteiger partial charge in [0.1, 0.15) is 0 Å². The molecule has 1 aromatic heterocycles. The van der Waals surface area contributed by atoms with Gasteiger partial charge in [-0.25, -0.2) is 8.42 Å². The molecular weight excluding hydrogens is 362 g/mol. The number of fused-ring (bicyclic) bond motifs is 1. The molecule has 1 amide bonds. The SMILES string of the molecule is Cn1cc(C(=O)N2CCN(S(=O)(=O)c3ccccc3)CC2)c2ccccc21. The Morgan fingerprint density at radius 3 is 2.22 bits per heavy atom. The smallest absolute Gasteiger partial charge is 0.256 e. The highest BCUT2D eigenvalue weighted by Gasteiger charge is 2.31. The van der Waals surface area contributed by atoms with Crippen LogP contribution in [0.4, 0.5) is 0 Å². The number of hydrogen-bond acceptors (Lipinski definition) is 3. The zero-order chi connectivity index (χ0) is 19.0. The lowest BCUT2D eigenvalue weighted by Gasteiger charge is -2.34. The van der Waals surface area contributed by atoms with Crippen molar-refractivity contribution >= 4 is 26.8 Å². The predicted octanol–water partition coefficient (Wildman–Crippen LogP) is 2.33. The van der Waals surface area contributed by atoms with Crippen LogP contribution in [0.1, 0.15) is 10.4 Å². The molecule has 1 aliphatic rings. The summed E-state index contributed by atoms with van der Waals surface area (Å²) < 4.78 is 28.9. The van der Waals surface area contributed by atoms with Crippen LogP contribution in [0.15, 0.2) is 65.7 Å². The topological polar surface area (TPSA) is 62.6 Å². The number of benzene rings is 2. The molecule has 3 aromatic rings. The van der Waals surface area contributed by atoms with Gasteiger partial charge in [0.2, 0.25) is 10.0 Å². The van der Waals surface area contributed by atoms with Crippen LogP contribution >= 0.6 is 0 Å². The molecule has 0 aliphatic carbocycles. The Bertz CT molecular complexity index is 1080. The van der Waals surface area contributed by atoms with Crippen molar-refractivity contribution in [2.24, 2.45) is 7.05 Å². The van der Waals surface area contributed by atoms with Crippen LogP contribution in [0.25, 0.3) is 10.9 Å². The molecule has 27 heavy (non-hydrogen) atoms. The molecule has 6 nitrogen and oxygen atoms in total. The van der Waals surface area contributed by atoms with Crippen LogP contribution in [0.5, 0.6) is 0 Å². The van der Waals surface area contributed by atoms with Crippen LogP contribution < -0.4 is 0 Å². The van der Waals surface area contributed by atoms with Crippen molar-refractivity contribution in [2.75, 3.05) is 26.2 Å². The van der Waals surface area contributed by atoms with Gasteiger partial charge in [-0.3, -0.25) is 4.79 Å². The fraction of sp³-hybridized carbons (Fsp3) is 0.250. The van der Waals surface area contributed by atoms with Crippen molar-refractivity contribution in [3.05, 3.63) is 66.4 Å². The van der Waals surface area contributed by atoms with Crippen molar-refractivity contribution in [2.45, 2.75) is 4.90 Å². The molecule has 0 spiro atoms. The molecule has 7 heteroatoms. The number of rotatable bonds is 3. The third kappa shape index (κ3) is 3.13. The van der Waals surface area contributed by atoms with Gasteiger partial charge >= 0.3 is 0 Å². The van der Waals surface area contributed by atoms with E-state index in [-0.39, 0.29) is 5.91 Å². The lowest BCUT2D eigenvalue weighted by atomic mass is 10.1. The number of para-hydroxylation sites is 1. The molecule has 2 heterocycles. The summed E-state index contributed by atoms with van der Waals surface area (Å²) >= 11 is 0. The third-order valence-corrected chi connectivity index (χ3v) is 6.95. The van der Waals surface area contributed by atoms with E-state index in [1.807, 2.05) is 42.1 Å². The molecule has 1 saturated heterocycles. The number of carbonyl (C=O) groups is 1. The highest BCUT2D eigenvalue weighted by Crippen LogP contribution is 2.23. The van der Waals surface area contributed by atoms with Gasteiger partial charge in [-0.1, -0.05) is 36.4 Å². The summed E-state index contributed by atoms with van der Waals surface area (Å²) in [4.78, 5) is 15.0. The van der Waals surface area contributed by atoms with Crippen LogP contribution in [-0.2, 0) is 17.1 Å². The number of nitrogens with zero attached hydrogens (tertiary/aromatic N) is 3. The Labute approximate surface area is 158 Å². The van der Waals surface area contributed by atoms with E-state index < -0.39 is 10.0 Å². The molecule has 0 saturated carbocycles. The molecule has 1 fully saturated rings. The molecule has 1 aliphatic heterocycles. The Hall–Kier alpha value is -2.64. The quantitative estimate of drug-likeness (QED) is 0.697. The summed E-state index contributed by atoms with van der Waals surface area (Å²) in [6.07, 6.45) is 1.85. The number of sulfonamides is 1. The largest absolute Gasteiger partial charge is 0.350 e. The molecule has 0 bridgehead atoms. The monoisotopic (exact) mass is 383 g/mol. The normalized spacial score (nSPS) is 16.0. The lowest BCUT2D eigenvalue weighted by Crippen LogP contribution is -2.50. The van der Waals surface area contributed by atoms with Gasteiger partial charge < -0.3 is 9.47 Å². The summed E-state index contributed by atoms with van der Waals surface area (Å²) in [6, 6.07) is 16.2. The Balaban J connectivity index is 1.52. The fourth-order valence-electron chi connectivity index (χ4n) is 3.56. The standard InChI is InChI=1S/C20H21N3O3S/c1-21-15-18(17-9-5-6-10-19(17)21)20(24)22-11-13-23(14-12-22)27(25,26)16-7-3-2-4-8-16/h2-10,15H,11-14H2,1H3. The van der Waals surface area contributed by atoms with E-state index in [0.29, 0.717) is 36.6 Å². The molecule has 0 unspecified atom stereocenters. The minimum atomic E-state index is -3.52. The maximum atomic E-state index is 13.0. The number of hydrogen-bond donors (Lipinski definition) is 0. The fourth-order valence-corrected chi connectivity index (χ4v) is 5.00. The van der Waals surface area contributed by atoms with E-state index in [1.54, 1.807) is 35.2 Å². The van der Waals surface area contributed by atoms with E-state index in [0.717, 1.165) is 10.9 Å². The number of piperazine rings is 1. The lowest BCUT2D eigenvalue weighted by molar-refractivity contribution is 0.0699. The Morgan fingerprint density at radius 2 is 1.52 bits per heavy atom. The van der Waals surface area contributed by atoms with Gasteiger partial charge in [0.15, 0.2) is 0 Å². The Kier molecular flexibility index (Phi) is 4.49. The van der Waals surface area contributed by atoms with E-state index in [1.165, 1.54) is 4.31 Å². The number of amides is 1. The highest BCUT2D eigenvalue weighted by molar-refractivity contribution is 7.89. The van der Waals surface area contributed by atoms with Gasteiger partial charge in [0.25, 0.3) is 5.91 Å². The van der Waals surface area contributed by atoms with E-state index in [4.69, 9.17) is 0 Å². The van der Waals surface area contributed by atoms with Crippen molar-refractivity contribution < 1.29 is 13.2 Å². The second-order valence-corrected chi connectivity index (χ2v) is 8.62. The summed E-state index contributed by atoms with van der Waals surface area (Å²) in [6.45, 7) is 1.36. The maximum Gasteiger partial charge on any atom is 0.256 e. The van der Waals surface area contributed by atoms with Crippen LogP contribution in [-0.4, -0.2) is 54.3 Å². The van der Waals surface area contributed by atoms with Crippen molar-refractivity contribution in [1.82, 2.24) is 13.8 Å².